The highest BCUT2D eigenvalue weighted by atomic mass is 19.1. The average Bonchev–Trinajstić information content (AvgIpc) is 2.40. The van der Waals surface area contributed by atoms with Crippen molar-refractivity contribution in [2.45, 2.75) is 13.5 Å². The molecule has 0 atom stereocenters. The Balaban J connectivity index is 2.15. The second-order valence-electron chi connectivity index (χ2n) is 4.48. The smallest absolute Gasteiger partial charge is 0.248 e. The summed E-state index contributed by atoms with van der Waals surface area (Å²) in [7, 11) is 0. The Labute approximate surface area is 115 Å². The van der Waals surface area contributed by atoms with Gasteiger partial charge in [0.25, 0.3) is 0 Å². The molecule has 0 aliphatic carbocycles. The molecule has 3 nitrogen and oxygen atoms in total. The van der Waals surface area contributed by atoms with E-state index in [0.717, 1.165) is 11.6 Å². The Morgan fingerprint density at radius 1 is 1.20 bits per heavy atom. The lowest BCUT2D eigenvalue weighted by molar-refractivity contribution is 0.1000. The van der Waals surface area contributed by atoms with Crippen LogP contribution in [-0.4, -0.2) is 5.91 Å². The summed E-state index contributed by atoms with van der Waals surface area (Å²) in [5.74, 6) is -1.56. The third kappa shape index (κ3) is 3.12. The highest BCUT2D eigenvalue weighted by molar-refractivity contribution is 5.92. The molecule has 0 heterocycles. The van der Waals surface area contributed by atoms with Gasteiger partial charge in [0, 0.05) is 23.4 Å². The average molecular weight is 276 g/mol. The molecule has 0 fully saturated rings. The van der Waals surface area contributed by atoms with Gasteiger partial charge in [0.2, 0.25) is 5.91 Å². The van der Waals surface area contributed by atoms with E-state index in [1.165, 1.54) is 24.3 Å². The van der Waals surface area contributed by atoms with Crippen molar-refractivity contribution in [1.82, 2.24) is 0 Å². The first-order valence-corrected chi connectivity index (χ1v) is 6.05. The third-order valence-electron chi connectivity index (χ3n) is 3.01. The number of rotatable bonds is 4. The number of aryl methyl sites for hydroxylation is 1. The lowest BCUT2D eigenvalue weighted by Gasteiger charge is -2.10. The molecular formula is C15H14F2N2O. The van der Waals surface area contributed by atoms with Crippen molar-refractivity contribution in [3.8, 4) is 0 Å². The van der Waals surface area contributed by atoms with Crippen molar-refractivity contribution >= 4 is 11.6 Å². The molecule has 0 bridgehead atoms. The number of anilines is 1. The van der Waals surface area contributed by atoms with Crippen molar-refractivity contribution in [2.75, 3.05) is 5.32 Å². The first-order valence-electron chi connectivity index (χ1n) is 6.05. The minimum absolute atomic E-state index is 0.119. The SMILES string of the molecule is Cc1ccc(F)cc1NCc1ccc(C(N)=O)cc1F. The summed E-state index contributed by atoms with van der Waals surface area (Å²) in [4.78, 5) is 10.9. The fourth-order valence-corrected chi connectivity index (χ4v) is 1.82. The van der Waals surface area contributed by atoms with Crippen LogP contribution in [0.5, 0.6) is 0 Å². The van der Waals surface area contributed by atoms with Crippen molar-refractivity contribution in [3.63, 3.8) is 0 Å². The topological polar surface area (TPSA) is 55.1 Å². The van der Waals surface area contributed by atoms with Crippen LogP contribution in [-0.2, 0) is 6.54 Å². The Morgan fingerprint density at radius 2 is 1.95 bits per heavy atom. The van der Waals surface area contributed by atoms with Crippen molar-refractivity contribution < 1.29 is 13.6 Å². The second kappa shape index (κ2) is 5.69. The van der Waals surface area contributed by atoms with Gasteiger partial charge in [-0.15, -0.1) is 0 Å². The summed E-state index contributed by atoms with van der Waals surface area (Å²) >= 11 is 0. The Morgan fingerprint density at radius 3 is 2.60 bits per heavy atom. The summed E-state index contributed by atoms with van der Waals surface area (Å²) in [6, 6.07) is 8.40. The standard InChI is InChI=1S/C15H14F2N2O/c1-9-2-5-12(16)7-14(9)19-8-11-4-3-10(15(18)20)6-13(11)17/h2-7,19H,8H2,1H3,(H2,18,20). The van der Waals surface area contributed by atoms with Gasteiger partial charge in [-0.05, 0) is 36.8 Å². The molecule has 0 unspecified atom stereocenters. The number of hydrogen-bond acceptors (Lipinski definition) is 2. The van der Waals surface area contributed by atoms with E-state index in [1.54, 1.807) is 6.07 Å². The van der Waals surface area contributed by atoms with E-state index in [4.69, 9.17) is 5.73 Å². The highest BCUT2D eigenvalue weighted by Crippen LogP contribution is 2.18. The van der Waals surface area contributed by atoms with Gasteiger partial charge in [-0.2, -0.15) is 0 Å². The molecule has 0 saturated carbocycles. The van der Waals surface area contributed by atoms with Gasteiger partial charge in [-0.1, -0.05) is 12.1 Å². The first-order chi connectivity index (χ1) is 9.47. The predicted molar refractivity (Wildman–Crippen MR) is 73.4 cm³/mol. The lowest BCUT2D eigenvalue weighted by Crippen LogP contribution is -2.12. The van der Waals surface area contributed by atoms with Gasteiger partial charge >= 0.3 is 0 Å². The quantitative estimate of drug-likeness (QED) is 0.902. The highest BCUT2D eigenvalue weighted by Gasteiger charge is 2.07. The molecule has 104 valence electrons. The molecule has 2 rings (SSSR count). The molecule has 0 radical (unpaired) electrons. The number of hydrogen-bond donors (Lipinski definition) is 2. The molecule has 0 spiro atoms. The zero-order chi connectivity index (χ0) is 14.7. The number of benzene rings is 2. The van der Waals surface area contributed by atoms with Crippen molar-refractivity contribution in [1.29, 1.82) is 0 Å². The van der Waals surface area contributed by atoms with Gasteiger partial charge in [0.05, 0.1) is 0 Å². The maximum absolute atomic E-state index is 13.8. The van der Waals surface area contributed by atoms with Crippen LogP contribution < -0.4 is 11.1 Å². The van der Waals surface area contributed by atoms with Crippen LogP contribution in [0.1, 0.15) is 21.5 Å². The van der Waals surface area contributed by atoms with E-state index in [9.17, 15) is 13.6 Å². The number of nitrogens with one attached hydrogen (secondary N) is 1. The Hall–Kier alpha value is -2.43. The van der Waals surface area contributed by atoms with Crippen LogP contribution in [0.2, 0.25) is 0 Å². The third-order valence-corrected chi connectivity index (χ3v) is 3.01. The molecule has 1 amide bonds. The van der Waals surface area contributed by atoms with Gasteiger partial charge in [-0.3, -0.25) is 4.79 Å². The van der Waals surface area contributed by atoms with Crippen LogP contribution in [0, 0.1) is 18.6 Å². The molecule has 20 heavy (non-hydrogen) atoms. The largest absolute Gasteiger partial charge is 0.381 e. The lowest BCUT2D eigenvalue weighted by atomic mass is 10.1. The number of amides is 1. The zero-order valence-electron chi connectivity index (χ0n) is 10.9. The molecule has 5 heteroatoms. The number of carbonyl (C=O) groups is 1. The van der Waals surface area contributed by atoms with Crippen LogP contribution >= 0.6 is 0 Å². The van der Waals surface area contributed by atoms with Crippen LogP contribution in [0.4, 0.5) is 14.5 Å². The monoisotopic (exact) mass is 276 g/mol. The fourth-order valence-electron chi connectivity index (χ4n) is 1.82. The molecule has 0 aliphatic heterocycles. The predicted octanol–water partition coefficient (Wildman–Crippen LogP) is 2.98. The minimum Gasteiger partial charge on any atom is -0.381 e. The number of primary amides is 1. The molecule has 0 aromatic heterocycles. The summed E-state index contributed by atoms with van der Waals surface area (Å²) < 4.78 is 26.9. The van der Waals surface area contributed by atoms with E-state index in [0.29, 0.717) is 11.3 Å². The molecular weight excluding hydrogens is 262 g/mol. The zero-order valence-corrected chi connectivity index (χ0v) is 10.9. The minimum atomic E-state index is -0.676. The summed E-state index contributed by atoms with van der Waals surface area (Å²) in [6.07, 6.45) is 0. The number of nitrogens with two attached hydrogens (primary N) is 1. The Kier molecular flexibility index (Phi) is 3.98. The van der Waals surface area contributed by atoms with E-state index < -0.39 is 11.7 Å². The molecule has 0 aliphatic rings. The van der Waals surface area contributed by atoms with Gasteiger partial charge < -0.3 is 11.1 Å². The maximum Gasteiger partial charge on any atom is 0.248 e. The molecule has 2 aromatic rings. The maximum atomic E-state index is 13.8. The number of carbonyl (C=O) groups excluding carboxylic acids is 1. The normalized spacial score (nSPS) is 10.3. The van der Waals surface area contributed by atoms with E-state index in [1.807, 2.05) is 6.92 Å². The molecule has 3 N–H and O–H groups in total. The molecule has 0 saturated heterocycles. The van der Waals surface area contributed by atoms with Gasteiger partial charge in [0.1, 0.15) is 11.6 Å². The molecule has 2 aromatic carbocycles. The van der Waals surface area contributed by atoms with Crippen molar-refractivity contribution in [2.24, 2.45) is 5.73 Å². The Bertz CT molecular complexity index is 656. The number of halogens is 2. The van der Waals surface area contributed by atoms with Crippen LogP contribution in [0.25, 0.3) is 0 Å². The van der Waals surface area contributed by atoms with Gasteiger partial charge in [-0.25, -0.2) is 8.78 Å². The van der Waals surface area contributed by atoms with Crippen LogP contribution in [0.15, 0.2) is 36.4 Å². The van der Waals surface area contributed by atoms with E-state index in [-0.39, 0.29) is 17.9 Å². The summed E-state index contributed by atoms with van der Waals surface area (Å²) in [6.45, 7) is 2.02. The van der Waals surface area contributed by atoms with Crippen molar-refractivity contribution in [3.05, 3.63) is 64.7 Å². The fraction of sp³-hybridized carbons (Fsp3) is 0.133. The van der Waals surface area contributed by atoms with E-state index in [2.05, 4.69) is 5.32 Å². The summed E-state index contributed by atoms with van der Waals surface area (Å²) in [5.41, 5.74) is 7.03. The van der Waals surface area contributed by atoms with Gasteiger partial charge in [0.15, 0.2) is 0 Å². The summed E-state index contributed by atoms with van der Waals surface area (Å²) in [5, 5.41) is 2.96. The first kappa shape index (κ1) is 14.0. The van der Waals surface area contributed by atoms with Crippen LogP contribution in [0.3, 0.4) is 0 Å². The second-order valence-corrected chi connectivity index (χ2v) is 4.48. The van der Waals surface area contributed by atoms with E-state index >= 15 is 0 Å².